The second kappa shape index (κ2) is 6.62. The first-order valence-electron chi connectivity index (χ1n) is 8.88. The van der Waals surface area contributed by atoms with Crippen LogP contribution in [0.2, 0.25) is 0 Å². The largest absolute Gasteiger partial charge is 0.324 e. The molecule has 0 bridgehead atoms. The normalized spacial score (nSPS) is 11.1. The minimum Gasteiger partial charge on any atom is -0.324 e. The summed E-state index contributed by atoms with van der Waals surface area (Å²) in [7, 11) is 0. The van der Waals surface area contributed by atoms with Gasteiger partial charge in [-0.25, -0.2) is 9.67 Å². The lowest BCUT2D eigenvalue weighted by Crippen LogP contribution is -2.19. The molecule has 0 atom stereocenters. The second-order valence-electron chi connectivity index (χ2n) is 6.43. The Morgan fingerprint density at radius 2 is 1.57 bits per heavy atom. The number of aromatic nitrogens is 5. The summed E-state index contributed by atoms with van der Waals surface area (Å²) in [5, 5.41) is 11.0. The first-order valence-corrected chi connectivity index (χ1v) is 8.88. The molecule has 2 aromatic heterocycles. The fraction of sp³-hybridized carbons (Fsp3) is 0.0476. The van der Waals surface area contributed by atoms with Crippen molar-refractivity contribution in [3.05, 3.63) is 79.1 Å². The van der Waals surface area contributed by atoms with E-state index in [1.54, 1.807) is 11.0 Å². The number of nitrogens with zero attached hydrogens (tertiary/aromatic N) is 5. The van der Waals surface area contributed by atoms with E-state index in [-0.39, 0.29) is 12.5 Å². The van der Waals surface area contributed by atoms with E-state index in [1.807, 2.05) is 77.4 Å². The number of fused-ring (bicyclic) bond motifs is 2. The van der Waals surface area contributed by atoms with Gasteiger partial charge in [-0.3, -0.25) is 9.36 Å². The lowest BCUT2D eigenvalue weighted by molar-refractivity contribution is -0.116. The number of carbonyl (C=O) groups is 1. The fourth-order valence-electron chi connectivity index (χ4n) is 3.24. The average molecular weight is 368 g/mol. The van der Waals surface area contributed by atoms with Gasteiger partial charge >= 0.3 is 0 Å². The van der Waals surface area contributed by atoms with Crippen LogP contribution in [0.1, 0.15) is 0 Å². The van der Waals surface area contributed by atoms with E-state index in [4.69, 9.17) is 0 Å². The number of benzene rings is 3. The van der Waals surface area contributed by atoms with Crippen LogP contribution < -0.4 is 5.32 Å². The number of hydrogen-bond donors (Lipinski definition) is 1. The molecule has 0 aliphatic rings. The molecule has 2 heterocycles. The maximum absolute atomic E-state index is 12.4. The highest BCUT2D eigenvalue weighted by Gasteiger charge is 2.09. The van der Waals surface area contributed by atoms with Crippen molar-refractivity contribution in [2.75, 3.05) is 5.32 Å². The van der Waals surface area contributed by atoms with Gasteiger partial charge in [0, 0.05) is 11.4 Å². The van der Waals surface area contributed by atoms with E-state index in [1.165, 1.54) is 0 Å². The third-order valence-corrected chi connectivity index (χ3v) is 4.60. The number of nitrogens with one attached hydrogen (secondary N) is 1. The third kappa shape index (κ3) is 2.88. The molecule has 0 saturated heterocycles. The number of anilines is 1. The molecule has 5 aromatic rings. The Balaban J connectivity index is 1.33. The number of amides is 1. The van der Waals surface area contributed by atoms with E-state index in [9.17, 15) is 4.79 Å². The van der Waals surface area contributed by atoms with Crippen molar-refractivity contribution in [3.63, 3.8) is 0 Å². The summed E-state index contributed by atoms with van der Waals surface area (Å²) in [5.41, 5.74) is 5.29. The molecule has 0 spiro atoms. The molecular weight excluding hydrogens is 352 g/mol. The molecule has 136 valence electrons. The van der Waals surface area contributed by atoms with Crippen LogP contribution in [0.25, 0.3) is 27.8 Å². The van der Waals surface area contributed by atoms with Crippen LogP contribution in [0.5, 0.6) is 0 Å². The van der Waals surface area contributed by atoms with Crippen molar-refractivity contribution in [2.24, 2.45) is 0 Å². The first kappa shape index (κ1) is 16.2. The Morgan fingerprint density at radius 1 is 0.857 bits per heavy atom. The van der Waals surface area contributed by atoms with E-state index in [0.29, 0.717) is 0 Å². The van der Waals surface area contributed by atoms with Crippen LogP contribution >= 0.6 is 0 Å². The highest BCUT2D eigenvalue weighted by atomic mass is 16.2. The molecule has 0 fully saturated rings. The highest BCUT2D eigenvalue weighted by Crippen LogP contribution is 2.19. The summed E-state index contributed by atoms with van der Waals surface area (Å²) < 4.78 is 3.61. The van der Waals surface area contributed by atoms with Crippen LogP contribution in [-0.2, 0) is 11.3 Å². The Labute approximate surface area is 160 Å². The number of rotatable bonds is 4. The summed E-state index contributed by atoms with van der Waals surface area (Å²) in [4.78, 5) is 16.8. The Kier molecular flexibility index (Phi) is 3.83. The van der Waals surface area contributed by atoms with Crippen molar-refractivity contribution in [3.8, 4) is 5.69 Å². The van der Waals surface area contributed by atoms with Gasteiger partial charge in [-0.1, -0.05) is 29.5 Å². The van der Waals surface area contributed by atoms with Crippen molar-refractivity contribution < 1.29 is 4.79 Å². The predicted molar refractivity (Wildman–Crippen MR) is 107 cm³/mol. The predicted octanol–water partition coefficient (Wildman–Crippen LogP) is 3.41. The van der Waals surface area contributed by atoms with E-state index in [0.717, 1.165) is 33.4 Å². The van der Waals surface area contributed by atoms with Gasteiger partial charge in [0.2, 0.25) is 5.91 Å². The Hall–Kier alpha value is -4.00. The van der Waals surface area contributed by atoms with E-state index >= 15 is 0 Å². The van der Waals surface area contributed by atoms with Gasteiger partial charge in [0.25, 0.3) is 0 Å². The molecule has 0 aliphatic heterocycles. The SMILES string of the molecule is O=C(Cn1nnc2ccccc21)Nc1ccc(-n2cnc3ccccc32)cc1. The topological polar surface area (TPSA) is 77.6 Å². The van der Waals surface area contributed by atoms with Crippen LogP contribution in [0.4, 0.5) is 5.69 Å². The number of hydrogen-bond acceptors (Lipinski definition) is 4. The van der Waals surface area contributed by atoms with Crippen molar-refractivity contribution in [2.45, 2.75) is 6.54 Å². The van der Waals surface area contributed by atoms with Crippen LogP contribution in [0.15, 0.2) is 79.1 Å². The molecule has 0 radical (unpaired) electrons. The maximum Gasteiger partial charge on any atom is 0.246 e. The summed E-state index contributed by atoms with van der Waals surface area (Å²) in [5.74, 6) is -0.156. The van der Waals surface area contributed by atoms with Gasteiger partial charge in [-0.05, 0) is 48.5 Å². The molecule has 5 rings (SSSR count). The molecule has 1 N–H and O–H groups in total. The fourth-order valence-corrected chi connectivity index (χ4v) is 3.24. The van der Waals surface area contributed by atoms with E-state index in [2.05, 4.69) is 20.6 Å². The standard InChI is InChI=1S/C21H16N6O/c28-21(13-27-20-8-4-2-6-18(20)24-25-27)23-15-9-11-16(12-10-15)26-14-22-17-5-1-3-7-19(17)26/h1-12,14H,13H2,(H,23,28). The zero-order valence-corrected chi connectivity index (χ0v) is 14.9. The lowest BCUT2D eigenvalue weighted by Gasteiger charge is -2.08. The van der Waals surface area contributed by atoms with Gasteiger partial charge in [-0.15, -0.1) is 5.10 Å². The summed E-state index contributed by atoms with van der Waals surface area (Å²) >= 11 is 0. The second-order valence-corrected chi connectivity index (χ2v) is 6.43. The molecular formula is C21H16N6O. The maximum atomic E-state index is 12.4. The molecule has 3 aromatic carbocycles. The average Bonchev–Trinajstić information content (AvgIpc) is 3.33. The van der Waals surface area contributed by atoms with Crippen LogP contribution in [-0.4, -0.2) is 30.5 Å². The van der Waals surface area contributed by atoms with Gasteiger partial charge in [0.05, 0.1) is 16.6 Å². The van der Waals surface area contributed by atoms with Crippen molar-refractivity contribution in [1.29, 1.82) is 0 Å². The smallest absolute Gasteiger partial charge is 0.246 e. The Morgan fingerprint density at radius 3 is 2.39 bits per heavy atom. The summed E-state index contributed by atoms with van der Waals surface area (Å²) in [6.07, 6.45) is 1.80. The monoisotopic (exact) mass is 368 g/mol. The van der Waals surface area contributed by atoms with Gasteiger partial charge < -0.3 is 5.32 Å². The number of para-hydroxylation sites is 3. The van der Waals surface area contributed by atoms with Crippen molar-refractivity contribution >= 4 is 33.7 Å². The van der Waals surface area contributed by atoms with Crippen LogP contribution in [0, 0.1) is 0 Å². The van der Waals surface area contributed by atoms with E-state index < -0.39 is 0 Å². The highest BCUT2D eigenvalue weighted by molar-refractivity contribution is 5.91. The number of carbonyl (C=O) groups excluding carboxylic acids is 1. The summed E-state index contributed by atoms with van der Waals surface area (Å²) in [6.45, 7) is 0.106. The molecule has 0 saturated carbocycles. The Bertz CT molecular complexity index is 1290. The van der Waals surface area contributed by atoms with Crippen molar-refractivity contribution in [1.82, 2.24) is 24.5 Å². The minimum absolute atomic E-state index is 0.106. The molecule has 7 nitrogen and oxygen atoms in total. The van der Waals surface area contributed by atoms with Gasteiger partial charge in [0.15, 0.2) is 0 Å². The summed E-state index contributed by atoms with van der Waals surface area (Å²) in [6, 6.07) is 23.2. The molecule has 1 amide bonds. The number of imidazole rings is 1. The first-order chi connectivity index (χ1) is 13.8. The van der Waals surface area contributed by atoms with Crippen LogP contribution in [0.3, 0.4) is 0 Å². The minimum atomic E-state index is -0.156. The molecule has 0 aliphatic carbocycles. The zero-order valence-electron chi connectivity index (χ0n) is 14.9. The zero-order chi connectivity index (χ0) is 18.9. The lowest BCUT2D eigenvalue weighted by atomic mass is 10.2. The third-order valence-electron chi connectivity index (χ3n) is 4.60. The molecule has 28 heavy (non-hydrogen) atoms. The molecule has 7 heteroatoms. The van der Waals surface area contributed by atoms with Gasteiger partial charge in [-0.2, -0.15) is 0 Å². The quantitative estimate of drug-likeness (QED) is 0.527. The van der Waals surface area contributed by atoms with Gasteiger partial charge in [0.1, 0.15) is 18.4 Å². The molecule has 0 unspecified atom stereocenters.